The summed E-state index contributed by atoms with van der Waals surface area (Å²) in [6.45, 7) is 1.28. The van der Waals surface area contributed by atoms with E-state index in [-0.39, 0.29) is 17.2 Å². The number of thioether (sulfide) groups is 1. The number of benzene rings is 1. The molecule has 2 saturated heterocycles. The van der Waals surface area contributed by atoms with Gasteiger partial charge in [0.15, 0.2) is 5.82 Å². The van der Waals surface area contributed by atoms with E-state index in [0.717, 1.165) is 29.4 Å². The maximum Gasteiger partial charge on any atom is 0.290 e. The number of amides is 3. The predicted molar refractivity (Wildman–Crippen MR) is 112 cm³/mol. The number of nitrogens with zero attached hydrogens (tertiary/aromatic N) is 3. The van der Waals surface area contributed by atoms with E-state index < -0.39 is 5.91 Å². The van der Waals surface area contributed by atoms with Gasteiger partial charge in [0.1, 0.15) is 0 Å². The zero-order valence-corrected chi connectivity index (χ0v) is 17.1. The molecule has 3 heterocycles. The normalized spacial score (nSPS) is 20.4. The van der Waals surface area contributed by atoms with Crippen molar-refractivity contribution in [2.45, 2.75) is 12.5 Å². The molecule has 0 spiro atoms. The van der Waals surface area contributed by atoms with Crippen LogP contribution in [0.3, 0.4) is 0 Å². The monoisotopic (exact) mass is 431 g/mol. The summed E-state index contributed by atoms with van der Waals surface area (Å²) in [5, 5.41) is 5.42. The fraction of sp³-hybridized carbons (Fsp3) is 0.263. The van der Waals surface area contributed by atoms with E-state index in [9.17, 15) is 14.4 Å². The Morgan fingerprint density at radius 2 is 2.24 bits per heavy atom. The SMILES string of the molecule is Cn1ccnc1C(=O)NC1CCN(c2c(Cl)cccc2C=C2SC(=O)NC2=O)C1. The van der Waals surface area contributed by atoms with E-state index >= 15 is 0 Å². The number of imidazole rings is 1. The van der Waals surface area contributed by atoms with Gasteiger partial charge in [0.25, 0.3) is 17.1 Å². The number of hydrogen-bond acceptors (Lipinski definition) is 6. The molecular weight excluding hydrogens is 414 g/mol. The maximum atomic E-state index is 12.4. The highest BCUT2D eigenvalue weighted by atomic mass is 35.5. The van der Waals surface area contributed by atoms with E-state index in [4.69, 9.17) is 11.6 Å². The van der Waals surface area contributed by atoms with Crippen molar-refractivity contribution in [2.75, 3.05) is 18.0 Å². The molecule has 0 bridgehead atoms. The summed E-state index contributed by atoms with van der Waals surface area (Å²) < 4.78 is 1.67. The van der Waals surface area contributed by atoms with Crippen LogP contribution in [0.2, 0.25) is 5.02 Å². The fourth-order valence-corrected chi connectivity index (χ4v) is 4.43. The van der Waals surface area contributed by atoms with Crippen molar-refractivity contribution in [2.24, 2.45) is 7.05 Å². The lowest BCUT2D eigenvalue weighted by Crippen LogP contribution is -2.38. The predicted octanol–water partition coefficient (Wildman–Crippen LogP) is 2.41. The van der Waals surface area contributed by atoms with E-state index in [1.165, 1.54) is 0 Å². The number of imide groups is 1. The largest absolute Gasteiger partial charge is 0.368 e. The summed E-state index contributed by atoms with van der Waals surface area (Å²) in [5.41, 5.74) is 1.53. The summed E-state index contributed by atoms with van der Waals surface area (Å²) in [6, 6.07) is 5.38. The van der Waals surface area contributed by atoms with Gasteiger partial charge in [-0.25, -0.2) is 4.98 Å². The van der Waals surface area contributed by atoms with Gasteiger partial charge < -0.3 is 14.8 Å². The number of rotatable bonds is 4. The highest BCUT2D eigenvalue weighted by Gasteiger charge is 2.29. The van der Waals surface area contributed by atoms with E-state index in [1.807, 2.05) is 6.07 Å². The molecule has 1 aromatic carbocycles. The van der Waals surface area contributed by atoms with Gasteiger partial charge >= 0.3 is 0 Å². The van der Waals surface area contributed by atoms with E-state index in [1.54, 1.807) is 42.2 Å². The molecule has 3 amide bonds. The minimum absolute atomic E-state index is 0.0540. The van der Waals surface area contributed by atoms with E-state index in [0.29, 0.717) is 28.8 Å². The Morgan fingerprint density at radius 1 is 1.41 bits per heavy atom. The molecule has 150 valence electrons. The molecule has 0 aliphatic carbocycles. The Hall–Kier alpha value is -2.78. The minimum Gasteiger partial charge on any atom is -0.368 e. The van der Waals surface area contributed by atoms with Gasteiger partial charge in [-0.2, -0.15) is 0 Å². The van der Waals surface area contributed by atoms with Crippen molar-refractivity contribution in [1.29, 1.82) is 0 Å². The lowest BCUT2D eigenvalue weighted by molar-refractivity contribution is -0.115. The molecule has 2 N–H and O–H groups in total. The van der Waals surface area contributed by atoms with Crippen molar-refractivity contribution >= 4 is 52.2 Å². The molecule has 8 nitrogen and oxygen atoms in total. The smallest absolute Gasteiger partial charge is 0.290 e. The number of anilines is 1. The minimum atomic E-state index is -0.410. The molecule has 4 rings (SSSR count). The maximum absolute atomic E-state index is 12.4. The number of aryl methyl sites for hydroxylation is 1. The molecule has 2 fully saturated rings. The van der Waals surface area contributed by atoms with Gasteiger partial charge in [-0.05, 0) is 30.3 Å². The Bertz CT molecular complexity index is 1030. The van der Waals surface area contributed by atoms with Crippen LogP contribution in [0.4, 0.5) is 10.5 Å². The number of halogens is 1. The zero-order chi connectivity index (χ0) is 20.5. The first-order valence-corrected chi connectivity index (χ1v) is 10.2. The average Bonchev–Trinajstić information content (AvgIpc) is 3.36. The third kappa shape index (κ3) is 4.01. The third-order valence-corrected chi connectivity index (χ3v) is 5.93. The van der Waals surface area contributed by atoms with Crippen LogP contribution in [-0.2, 0) is 11.8 Å². The Morgan fingerprint density at radius 3 is 2.93 bits per heavy atom. The van der Waals surface area contributed by atoms with Crippen molar-refractivity contribution in [3.8, 4) is 0 Å². The van der Waals surface area contributed by atoms with Gasteiger partial charge in [-0.3, -0.25) is 19.7 Å². The number of aromatic nitrogens is 2. The molecule has 0 radical (unpaired) electrons. The first-order valence-electron chi connectivity index (χ1n) is 8.99. The Kier molecular flexibility index (Phi) is 5.33. The number of carbonyl (C=O) groups excluding carboxylic acids is 3. The second-order valence-electron chi connectivity index (χ2n) is 6.80. The van der Waals surface area contributed by atoms with Crippen LogP contribution in [0.15, 0.2) is 35.5 Å². The molecule has 1 aromatic heterocycles. The van der Waals surface area contributed by atoms with E-state index in [2.05, 4.69) is 20.5 Å². The standard InChI is InChI=1S/C19H18ClN5O3S/c1-24-8-6-21-16(24)18(27)22-12-5-7-25(10-12)15-11(3-2-4-13(15)20)9-14-17(26)23-19(28)29-14/h2-4,6,8-9,12H,5,7,10H2,1H3,(H,22,27)(H,23,26,28). The molecule has 1 unspecified atom stereocenters. The fourth-order valence-electron chi connectivity index (χ4n) is 3.46. The van der Waals surface area contributed by atoms with Gasteiger partial charge in [0.2, 0.25) is 0 Å². The van der Waals surface area contributed by atoms with Gasteiger partial charge in [0.05, 0.1) is 15.6 Å². The first kappa shape index (κ1) is 19.5. The van der Waals surface area contributed by atoms with Crippen LogP contribution in [0.5, 0.6) is 0 Å². The molecule has 10 heteroatoms. The van der Waals surface area contributed by atoms with Crippen LogP contribution in [0.25, 0.3) is 6.08 Å². The van der Waals surface area contributed by atoms with Crippen LogP contribution >= 0.6 is 23.4 Å². The second kappa shape index (κ2) is 7.92. The van der Waals surface area contributed by atoms with Crippen LogP contribution in [0, 0.1) is 0 Å². The molecule has 0 saturated carbocycles. The van der Waals surface area contributed by atoms with Crippen molar-refractivity contribution < 1.29 is 14.4 Å². The quantitative estimate of drug-likeness (QED) is 0.721. The van der Waals surface area contributed by atoms with Gasteiger partial charge in [0, 0.05) is 44.1 Å². The molecule has 2 aromatic rings. The molecule has 2 aliphatic heterocycles. The zero-order valence-electron chi connectivity index (χ0n) is 15.5. The summed E-state index contributed by atoms with van der Waals surface area (Å²) in [4.78, 5) is 42.2. The van der Waals surface area contributed by atoms with Crippen molar-refractivity contribution in [3.05, 3.63) is 51.9 Å². The van der Waals surface area contributed by atoms with Crippen LogP contribution in [-0.4, -0.2) is 45.7 Å². The van der Waals surface area contributed by atoms with Crippen LogP contribution < -0.4 is 15.5 Å². The average molecular weight is 432 g/mol. The summed E-state index contributed by atoms with van der Waals surface area (Å²) in [7, 11) is 1.77. The number of carbonyl (C=O) groups is 3. The first-order chi connectivity index (χ1) is 13.9. The summed E-state index contributed by atoms with van der Waals surface area (Å²) in [6.07, 6.45) is 5.74. The second-order valence-corrected chi connectivity index (χ2v) is 8.22. The summed E-state index contributed by atoms with van der Waals surface area (Å²) >= 11 is 7.34. The highest BCUT2D eigenvalue weighted by Crippen LogP contribution is 2.36. The molecule has 1 atom stereocenters. The lowest BCUT2D eigenvalue weighted by atomic mass is 10.1. The highest BCUT2D eigenvalue weighted by molar-refractivity contribution is 8.18. The Balaban J connectivity index is 1.53. The number of nitrogens with one attached hydrogen (secondary N) is 2. The molecule has 2 aliphatic rings. The Labute approximate surface area is 176 Å². The number of para-hydroxylation sites is 1. The summed E-state index contributed by atoms with van der Waals surface area (Å²) in [5.74, 6) is -0.267. The van der Waals surface area contributed by atoms with Gasteiger partial charge in [-0.1, -0.05) is 23.7 Å². The van der Waals surface area contributed by atoms with Crippen LogP contribution in [0.1, 0.15) is 22.6 Å². The van der Waals surface area contributed by atoms with Gasteiger partial charge in [-0.15, -0.1) is 0 Å². The topological polar surface area (TPSA) is 96.3 Å². The lowest BCUT2D eigenvalue weighted by Gasteiger charge is -2.23. The number of hydrogen-bond donors (Lipinski definition) is 2. The molecule has 29 heavy (non-hydrogen) atoms. The molecular formula is C19H18ClN5O3S. The third-order valence-electron chi connectivity index (χ3n) is 4.81. The van der Waals surface area contributed by atoms with Crippen molar-refractivity contribution in [3.63, 3.8) is 0 Å². The van der Waals surface area contributed by atoms with Crippen molar-refractivity contribution in [1.82, 2.24) is 20.2 Å².